The minimum absolute atomic E-state index is 0.0142. The third-order valence-corrected chi connectivity index (χ3v) is 5.58. The van der Waals surface area contributed by atoms with Gasteiger partial charge in [-0.2, -0.15) is 0 Å². The minimum Gasteiger partial charge on any atom is -0.381 e. The molecule has 1 saturated carbocycles. The number of hydrogen-bond donors (Lipinski definition) is 1. The number of rotatable bonds is 3. The molecule has 0 aromatic heterocycles. The molecule has 3 fully saturated rings. The Hall–Kier alpha value is -1.10. The summed E-state index contributed by atoms with van der Waals surface area (Å²) in [5, 5.41) is 2.98. The number of carbonyl (C=O) groups excluding carboxylic acids is 2. The fraction of sp³-hybridized carbons (Fsp3) is 0.875. The number of ether oxygens (including phenoxy) is 1. The van der Waals surface area contributed by atoms with Crippen LogP contribution < -0.4 is 5.32 Å². The van der Waals surface area contributed by atoms with E-state index in [2.05, 4.69) is 12.2 Å². The largest absolute Gasteiger partial charge is 0.381 e. The van der Waals surface area contributed by atoms with Crippen molar-refractivity contribution in [2.45, 2.75) is 58.0 Å². The zero-order chi connectivity index (χ0) is 15.3. The van der Waals surface area contributed by atoms with Gasteiger partial charge in [0.05, 0.1) is 0 Å². The van der Waals surface area contributed by atoms with Crippen LogP contribution in [0.5, 0.6) is 0 Å². The second-order valence-electron chi connectivity index (χ2n) is 7.50. The quantitative estimate of drug-likeness (QED) is 0.854. The zero-order valence-electron chi connectivity index (χ0n) is 13.3. The van der Waals surface area contributed by atoms with Gasteiger partial charge in [0.25, 0.3) is 0 Å². The molecular formula is C16H26N2O3. The summed E-state index contributed by atoms with van der Waals surface area (Å²) >= 11 is 0. The first kappa shape index (κ1) is 14.8. The lowest BCUT2D eigenvalue weighted by Crippen LogP contribution is -2.70. The molecule has 0 spiro atoms. The number of carbonyl (C=O) groups is 2. The first-order chi connectivity index (χ1) is 9.86. The molecule has 3 aliphatic rings. The molecule has 0 aromatic rings. The molecule has 2 amide bonds. The van der Waals surface area contributed by atoms with Gasteiger partial charge in [-0.15, -0.1) is 0 Å². The summed E-state index contributed by atoms with van der Waals surface area (Å²) in [6.45, 7) is 8.10. The van der Waals surface area contributed by atoms with Gasteiger partial charge in [-0.25, -0.2) is 0 Å². The number of piperazine rings is 1. The van der Waals surface area contributed by atoms with Crippen molar-refractivity contribution in [3.8, 4) is 0 Å². The highest BCUT2D eigenvalue weighted by Crippen LogP contribution is 2.43. The summed E-state index contributed by atoms with van der Waals surface area (Å²) in [6, 6.07) is -0.371. The van der Waals surface area contributed by atoms with Crippen molar-refractivity contribution in [1.29, 1.82) is 0 Å². The van der Waals surface area contributed by atoms with E-state index in [1.807, 2.05) is 18.7 Å². The molecule has 2 atom stereocenters. The molecule has 2 saturated heterocycles. The van der Waals surface area contributed by atoms with Crippen LogP contribution >= 0.6 is 0 Å². The van der Waals surface area contributed by atoms with Gasteiger partial charge >= 0.3 is 0 Å². The molecule has 1 aliphatic carbocycles. The monoisotopic (exact) mass is 294 g/mol. The standard InChI is InChI=1S/C16H26N2O3/c1-11-13(19)17-16(3,12-4-5-12)14(20)18(11)10-15(2)6-8-21-9-7-15/h11-12H,4-10H2,1-3H3,(H,17,19). The van der Waals surface area contributed by atoms with Crippen LogP contribution in [0, 0.1) is 11.3 Å². The number of amides is 2. The molecule has 5 heteroatoms. The highest BCUT2D eigenvalue weighted by Gasteiger charge is 2.55. The van der Waals surface area contributed by atoms with E-state index in [0.717, 1.165) is 38.9 Å². The van der Waals surface area contributed by atoms with E-state index in [9.17, 15) is 9.59 Å². The average Bonchev–Trinajstić information content (AvgIpc) is 3.27. The molecule has 0 bridgehead atoms. The fourth-order valence-corrected chi connectivity index (χ4v) is 3.61. The van der Waals surface area contributed by atoms with Gasteiger partial charge in [-0.1, -0.05) is 6.92 Å². The Kier molecular flexibility index (Phi) is 3.51. The SMILES string of the molecule is CC1C(=O)NC(C)(C2CC2)C(=O)N1CC1(C)CCOCC1. The Balaban J connectivity index is 1.81. The van der Waals surface area contributed by atoms with Crippen LogP contribution in [-0.4, -0.2) is 48.1 Å². The normalized spacial score (nSPS) is 36.5. The van der Waals surface area contributed by atoms with Gasteiger partial charge in [0.2, 0.25) is 11.8 Å². The van der Waals surface area contributed by atoms with Gasteiger partial charge in [0.1, 0.15) is 11.6 Å². The molecule has 1 N–H and O–H groups in total. The van der Waals surface area contributed by atoms with Gasteiger partial charge in [0.15, 0.2) is 0 Å². The van der Waals surface area contributed by atoms with Crippen molar-refractivity contribution >= 4 is 11.8 Å². The molecule has 5 nitrogen and oxygen atoms in total. The Morgan fingerprint density at radius 2 is 1.86 bits per heavy atom. The summed E-state index contributed by atoms with van der Waals surface area (Å²) in [7, 11) is 0. The average molecular weight is 294 g/mol. The lowest BCUT2D eigenvalue weighted by atomic mass is 9.80. The third kappa shape index (κ3) is 2.56. The molecule has 0 radical (unpaired) electrons. The van der Waals surface area contributed by atoms with Crippen LogP contribution in [0.2, 0.25) is 0 Å². The second-order valence-corrected chi connectivity index (χ2v) is 7.50. The molecule has 2 aliphatic heterocycles. The van der Waals surface area contributed by atoms with Crippen LogP contribution in [0.3, 0.4) is 0 Å². The van der Waals surface area contributed by atoms with E-state index < -0.39 is 5.54 Å². The Labute approximate surface area is 126 Å². The van der Waals surface area contributed by atoms with Crippen molar-refractivity contribution in [3.05, 3.63) is 0 Å². The van der Waals surface area contributed by atoms with E-state index in [4.69, 9.17) is 4.74 Å². The van der Waals surface area contributed by atoms with Gasteiger partial charge in [-0.3, -0.25) is 9.59 Å². The number of hydrogen-bond acceptors (Lipinski definition) is 3. The lowest BCUT2D eigenvalue weighted by Gasteiger charge is -2.47. The molecule has 2 heterocycles. The zero-order valence-corrected chi connectivity index (χ0v) is 13.3. The third-order valence-electron chi connectivity index (χ3n) is 5.58. The number of nitrogens with one attached hydrogen (secondary N) is 1. The van der Waals surface area contributed by atoms with Crippen LogP contribution in [0.4, 0.5) is 0 Å². The van der Waals surface area contributed by atoms with Gasteiger partial charge < -0.3 is 15.0 Å². The fourth-order valence-electron chi connectivity index (χ4n) is 3.61. The van der Waals surface area contributed by atoms with Crippen LogP contribution in [-0.2, 0) is 14.3 Å². The molecule has 2 unspecified atom stereocenters. The predicted molar refractivity (Wildman–Crippen MR) is 78.6 cm³/mol. The Bertz CT molecular complexity index is 454. The summed E-state index contributed by atoms with van der Waals surface area (Å²) in [5.74, 6) is 0.399. The molecule has 3 rings (SSSR count). The maximum Gasteiger partial charge on any atom is 0.249 e. The smallest absolute Gasteiger partial charge is 0.249 e. The van der Waals surface area contributed by atoms with E-state index in [1.165, 1.54) is 0 Å². The van der Waals surface area contributed by atoms with E-state index in [1.54, 1.807) is 0 Å². The van der Waals surface area contributed by atoms with E-state index in [0.29, 0.717) is 12.5 Å². The molecular weight excluding hydrogens is 268 g/mol. The maximum atomic E-state index is 13.0. The van der Waals surface area contributed by atoms with E-state index >= 15 is 0 Å². The second kappa shape index (κ2) is 4.97. The van der Waals surface area contributed by atoms with E-state index in [-0.39, 0.29) is 23.3 Å². The molecule has 21 heavy (non-hydrogen) atoms. The Morgan fingerprint density at radius 3 is 2.43 bits per heavy atom. The summed E-state index contributed by atoms with van der Waals surface area (Å²) in [5.41, 5.74) is -0.630. The summed E-state index contributed by atoms with van der Waals surface area (Å²) < 4.78 is 5.44. The molecule has 0 aromatic carbocycles. The lowest BCUT2D eigenvalue weighted by molar-refractivity contribution is -0.157. The van der Waals surface area contributed by atoms with Crippen molar-refractivity contribution in [3.63, 3.8) is 0 Å². The van der Waals surface area contributed by atoms with Crippen molar-refractivity contribution in [2.75, 3.05) is 19.8 Å². The highest BCUT2D eigenvalue weighted by molar-refractivity contribution is 5.99. The topological polar surface area (TPSA) is 58.6 Å². The van der Waals surface area contributed by atoms with Crippen molar-refractivity contribution < 1.29 is 14.3 Å². The van der Waals surface area contributed by atoms with Crippen LogP contribution in [0.25, 0.3) is 0 Å². The van der Waals surface area contributed by atoms with Crippen LogP contribution in [0.1, 0.15) is 46.5 Å². The predicted octanol–water partition coefficient (Wildman–Crippen LogP) is 1.32. The maximum absolute atomic E-state index is 13.0. The summed E-state index contributed by atoms with van der Waals surface area (Å²) in [4.78, 5) is 27.1. The number of nitrogens with zero attached hydrogens (tertiary/aromatic N) is 1. The first-order valence-electron chi connectivity index (χ1n) is 8.07. The van der Waals surface area contributed by atoms with Gasteiger partial charge in [-0.05, 0) is 50.9 Å². The van der Waals surface area contributed by atoms with Gasteiger partial charge in [0, 0.05) is 19.8 Å². The minimum atomic E-state index is -0.689. The van der Waals surface area contributed by atoms with Crippen molar-refractivity contribution in [1.82, 2.24) is 10.2 Å². The first-order valence-corrected chi connectivity index (χ1v) is 8.07. The van der Waals surface area contributed by atoms with Crippen molar-refractivity contribution in [2.24, 2.45) is 11.3 Å². The summed E-state index contributed by atoms with van der Waals surface area (Å²) in [6.07, 6.45) is 3.97. The molecule has 118 valence electrons. The highest BCUT2D eigenvalue weighted by atomic mass is 16.5. The Morgan fingerprint density at radius 1 is 1.24 bits per heavy atom. The van der Waals surface area contributed by atoms with Crippen LogP contribution in [0.15, 0.2) is 0 Å².